The number of hydrogen-bond acceptors (Lipinski definition) is 2. The molecule has 0 saturated heterocycles. The van der Waals surface area contributed by atoms with Gasteiger partial charge in [-0.2, -0.15) is 0 Å². The number of aryl methyl sites for hydroxylation is 6. The minimum atomic E-state index is 0.102. The van der Waals surface area contributed by atoms with Crippen molar-refractivity contribution < 1.29 is 9.59 Å². The van der Waals surface area contributed by atoms with Crippen molar-refractivity contribution in [2.45, 2.75) is 65.2 Å². The van der Waals surface area contributed by atoms with Gasteiger partial charge in [-0.05, 0) is 96.9 Å². The molecule has 0 radical (unpaired) electrons. The van der Waals surface area contributed by atoms with Crippen molar-refractivity contribution in [3.8, 4) is 0 Å². The number of hydrogen-bond donors (Lipinski definition) is 0. The molecule has 0 heterocycles. The minimum absolute atomic E-state index is 0.102. The lowest BCUT2D eigenvalue weighted by atomic mass is 9.80. The maximum absolute atomic E-state index is 13.1. The van der Waals surface area contributed by atoms with Crippen LogP contribution in [0.3, 0.4) is 0 Å². The van der Waals surface area contributed by atoms with E-state index in [9.17, 15) is 9.59 Å². The van der Waals surface area contributed by atoms with Crippen LogP contribution in [0.4, 0.5) is 0 Å². The molecule has 2 heteroatoms. The molecule has 4 aromatic rings. The van der Waals surface area contributed by atoms with E-state index < -0.39 is 0 Å². The van der Waals surface area contributed by atoms with E-state index in [-0.39, 0.29) is 17.5 Å². The summed E-state index contributed by atoms with van der Waals surface area (Å²) in [6.45, 7) is 5.58. The molecule has 0 spiro atoms. The summed E-state index contributed by atoms with van der Waals surface area (Å²) < 4.78 is 0. The molecule has 4 bridgehead atoms. The van der Waals surface area contributed by atoms with Crippen molar-refractivity contribution in [3.63, 3.8) is 0 Å². The number of ketones is 2. The lowest BCUT2D eigenvalue weighted by Gasteiger charge is -2.24. The molecule has 0 saturated carbocycles. The van der Waals surface area contributed by atoms with E-state index in [0.717, 1.165) is 49.7 Å². The Morgan fingerprint density at radius 1 is 0.605 bits per heavy atom. The van der Waals surface area contributed by atoms with Gasteiger partial charge in [-0.3, -0.25) is 9.59 Å². The standard InChI is InChI=1S/C36H36O2/c1-24(31-16-10-29(11-17-31)8-9-30-12-18-32(19-13-30)25(2)37)35-33-20-14-27-4-6-28(7-5-27)15-21-34(23-22-33)36(35)26(3)38/h4-7,10-13,16-19,22-24H,8-9,14-15,20-21H2,1-3H3/t24-/m0/s1. The van der Waals surface area contributed by atoms with E-state index >= 15 is 0 Å². The second-order valence-corrected chi connectivity index (χ2v) is 10.8. The smallest absolute Gasteiger partial charge is 0.160 e. The first-order chi connectivity index (χ1) is 18.4. The molecular weight excluding hydrogens is 464 g/mol. The Labute approximate surface area is 226 Å². The highest BCUT2D eigenvalue weighted by molar-refractivity contribution is 5.98. The van der Waals surface area contributed by atoms with Gasteiger partial charge in [0.15, 0.2) is 11.6 Å². The van der Waals surface area contributed by atoms with Gasteiger partial charge in [0.05, 0.1) is 0 Å². The van der Waals surface area contributed by atoms with Crippen molar-refractivity contribution in [2.75, 3.05) is 0 Å². The van der Waals surface area contributed by atoms with Crippen LogP contribution in [0.2, 0.25) is 0 Å². The molecule has 0 N–H and O–H groups in total. The number of carbonyl (C=O) groups is 2. The molecule has 192 valence electrons. The first kappa shape index (κ1) is 25.9. The highest BCUT2D eigenvalue weighted by Crippen LogP contribution is 2.34. The molecule has 1 atom stereocenters. The van der Waals surface area contributed by atoms with Gasteiger partial charge in [0.2, 0.25) is 0 Å². The molecule has 2 nitrogen and oxygen atoms in total. The highest BCUT2D eigenvalue weighted by Gasteiger charge is 2.23. The molecule has 0 amide bonds. The topological polar surface area (TPSA) is 34.1 Å². The van der Waals surface area contributed by atoms with E-state index in [1.54, 1.807) is 13.8 Å². The number of rotatable bonds is 7. The first-order valence-electron chi connectivity index (χ1n) is 13.8. The molecule has 0 fully saturated rings. The monoisotopic (exact) mass is 500 g/mol. The van der Waals surface area contributed by atoms with Crippen LogP contribution in [0.1, 0.15) is 91.9 Å². The predicted molar refractivity (Wildman–Crippen MR) is 156 cm³/mol. The second-order valence-electron chi connectivity index (χ2n) is 10.8. The predicted octanol–water partition coefficient (Wildman–Crippen LogP) is 7.91. The molecule has 4 aromatic carbocycles. The highest BCUT2D eigenvalue weighted by atomic mass is 16.1. The second kappa shape index (κ2) is 11.3. The van der Waals surface area contributed by atoms with E-state index in [1.807, 2.05) is 12.1 Å². The zero-order valence-electron chi connectivity index (χ0n) is 22.7. The van der Waals surface area contributed by atoms with Crippen LogP contribution in [0, 0.1) is 0 Å². The van der Waals surface area contributed by atoms with Gasteiger partial charge in [0.25, 0.3) is 0 Å². The van der Waals surface area contributed by atoms with E-state index in [2.05, 4.69) is 79.7 Å². The van der Waals surface area contributed by atoms with Crippen molar-refractivity contribution in [3.05, 3.63) is 141 Å². The summed E-state index contributed by atoms with van der Waals surface area (Å²) in [5.74, 6) is 0.410. The summed E-state index contributed by atoms with van der Waals surface area (Å²) in [4.78, 5) is 24.6. The molecule has 4 aliphatic rings. The average Bonchev–Trinajstić information content (AvgIpc) is 2.93. The summed E-state index contributed by atoms with van der Waals surface area (Å²) in [6, 6.07) is 30.3. The molecule has 0 aliphatic heterocycles. The van der Waals surface area contributed by atoms with Gasteiger partial charge in [0.1, 0.15) is 0 Å². The first-order valence-corrected chi connectivity index (χ1v) is 13.8. The summed E-state index contributed by atoms with van der Waals surface area (Å²) in [5, 5.41) is 0. The maximum Gasteiger partial charge on any atom is 0.160 e. The fourth-order valence-electron chi connectivity index (χ4n) is 5.81. The van der Waals surface area contributed by atoms with Gasteiger partial charge in [0, 0.05) is 17.0 Å². The zero-order valence-corrected chi connectivity index (χ0v) is 22.7. The summed E-state index contributed by atoms with van der Waals surface area (Å²) >= 11 is 0. The molecule has 4 aliphatic carbocycles. The van der Waals surface area contributed by atoms with Crippen molar-refractivity contribution in [2.24, 2.45) is 0 Å². The van der Waals surface area contributed by atoms with Gasteiger partial charge in [-0.25, -0.2) is 0 Å². The van der Waals surface area contributed by atoms with Crippen molar-refractivity contribution in [1.82, 2.24) is 0 Å². The lowest BCUT2D eigenvalue weighted by molar-refractivity contribution is 0.100. The Balaban J connectivity index is 1.39. The fourth-order valence-corrected chi connectivity index (χ4v) is 5.81. The van der Waals surface area contributed by atoms with Gasteiger partial charge in [-0.15, -0.1) is 0 Å². The van der Waals surface area contributed by atoms with Crippen molar-refractivity contribution in [1.29, 1.82) is 0 Å². The Hall–Kier alpha value is -3.78. The van der Waals surface area contributed by atoms with Crippen LogP contribution in [-0.2, 0) is 38.5 Å². The molecule has 0 unspecified atom stereocenters. The quantitative estimate of drug-likeness (QED) is 0.242. The Morgan fingerprint density at radius 2 is 1.11 bits per heavy atom. The molecule has 0 aromatic heterocycles. The summed E-state index contributed by atoms with van der Waals surface area (Å²) in [6.07, 6.45) is 5.62. The van der Waals surface area contributed by atoms with Crippen LogP contribution in [0.15, 0.2) is 84.9 Å². The molecule has 8 rings (SSSR count). The fraction of sp³-hybridized carbons (Fsp3) is 0.278. The number of benzene rings is 4. The normalized spacial score (nSPS) is 13.6. The maximum atomic E-state index is 13.1. The van der Waals surface area contributed by atoms with E-state index in [1.165, 1.54) is 44.5 Å². The summed E-state index contributed by atoms with van der Waals surface area (Å²) in [7, 11) is 0. The Morgan fingerprint density at radius 3 is 1.63 bits per heavy atom. The summed E-state index contributed by atoms with van der Waals surface area (Å²) in [5.41, 5.74) is 11.8. The van der Waals surface area contributed by atoms with Gasteiger partial charge < -0.3 is 0 Å². The number of carbonyl (C=O) groups excluding carboxylic acids is 2. The third kappa shape index (κ3) is 5.70. The lowest BCUT2D eigenvalue weighted by Crippen LogP contribution is -2.14. The van der Waals surface area contributed by atoms with Crippen LogP contribution in [0.25, 0.3) is 0 Å². The van der Waals surface area contributed by atoms with Crippen molar-refractivity contribution >= 4 is 11.6 Å². The number of Topliss-reactive ketones (excluding diaryl/α,β-unsaturated/α-hetero) is 2. The largest absolute Gasteiger partial charge is 0.295 e. The van der Waals surface area contributed by atoms with E-state index in [0.29, 0.717) is 0 Å². The van der Waals surface area contributed by atoms with Crippen LogP contribution in [0.5, 0.6) is 0 Å². The average molecular weight is 501 g/mol. The van der Waals surface area contributed by atoms with Gasteiger partial charge >= 0.3 is 0 Å². The third-order valence-electron chi connectivity index (χ3n) is 8.14. The minimum Gasteiger partial charge on any atom is -0.295 e. The van der Waals surface area contributed by atoms with Crippen LogP contribution >= 0.6 is 0 Å². The van der Waals surface area contributed by atoms with E-state index in [4.69, 9.17) is 0 Å². The molecule has 38 heavy (non-hydrogen) atoms. The van der Waals surface area contributed by atoms with Crippen LogP contribution in [-0.4, -0.2) is 11.6 Å². The molecular formula is C36H36O2. The third-order valence-corrected chi connectivity index (χ3v) is 8.14. The Kier molecular flexibility index (Phi) is 7.69. The zero-order chi connectivity index (χ0) is 26.6. The van der Waals surface area contributed by atoms with Crippen LogP contribution < -0.4 is 0 Å². The van der Waals surface area contributed by atoms with Gasteiger partial charge in [-0.1, -0.05) is 91.9 Å². The SMILES string of the molecule is CC(=O)c1ccc(CCc2ccc([C@H](C)c3c4ccc(c3C(C)=O)CCc3ccc(cc3)CC4)cc2)cc1. The Bertz CT molecular complexity index is 1440.